The van der Waals surface area contributed by atoms with Crippen molar-refractivity contribution in [1.82, 2.24) is 0 Å². The Hall–Kier alpha value is -0.350. The molecule has 0 saturated heterocycles. The standard InChI is InChI=1S/C12H11IS/c13-9-8-12(6-2-1-3-7-12)11-5-4-10-14-11/h1-6,8-10H,7H2/b9-8+. The van der Waals surface area contributed by atoms with Gasteiger partial charge in [-0.15, -0.1) is 11.3 Å². The van der Waals surface area contributed by atoms with Crippen LogP contribution in [0.4, 0.5) is 0 Å². The third-order valence-electron chi connectivity index (χ3n) is 2.44. The Bertz CT molecular complexity index is 373. The van der Waals surface area contributed by atoms with Crippen LogP contribution in [0, 0.1) is 0 Å². The minimum atomic E-state index is 0.115. The number of thiophene rings is 1. The van der Waals surface area contributed by atoms with Crippen molar-refractivity contribution >= 4 is 33.9 Å². The smallest absolute Gasteiger partial charge is 0.0451 e. The Labute approximate surface area is 102 Å². The molecule has 0 radical (unpaired) electrons. The molecule has 1 aromatic rings. The molecule has 0 saturated carbocycles. The zero-order chi connectivity index (χ0) is 9.86. The summed E-state index contributed by atoms with van der Waals surface area (Å²) in [6.45, 7) is 0. The van der Waals surface area contributed by atoms with Gasteiger partial charge < -0.3 is 0 Å². The van der Waals surface area contributed by atoms with Gasteiger partial charge in [0, 0.05) is 10.3 Å². The van der Waals surface area contributed by atoms with Gasteiger partial charge in [-0.25, -0.2) is 0 Å². The molecular weight excluding hydrogens is 303 g/mol. The summed E-state index contributed by atoms with van der Waals surface area (Å²) >= 11 is 4.12. The van der Waals surface area contributed by atoms with Gasteiger partial charge in [-0.1, -0.05) is 59.0 Å². The van der Waals surface area contributed by atoms with Gasteiger partial charge >= 0.3 is 0 Å². The van der Waals surface area contributed by atoms with Crippen molar-refractivity contribution in [2.45, 2.75) is 11.8 Å². The van der Waals surface area contributed by atoms with Crippen LogP contribution in [0.3, 0.4) is 0 Å². The number of hydrogen-bond acceptors (Lipinski definition) is 1. The van der Waals surface area contributed by atoms with Crippen LogP contribution in [0.15, 0.2) is 52.0 Å². The summed E-state index contributed by atoms with van der Waals surface area (Å²) in [6, 6.07) is 4.33. The third kappa shape index (κ3) is 1.86. The summed E-state index contributed by atoms with van der Waals surface area (Å²) in [6.07, 6.45) is 12.1. The van der Waals surface area contributed by atoms with Gasteiger partial charge in [-0.2, -0.15) is 0 Å². The van der Waals surface area contributed by atoms with E-state index in [1.165, 1.54) is 4.88 Å². The molecule has 2 rings (SSSR count). The van der Waals surface area contributed by atoms with Crippen LogP contribution in [0.2, 0.25) is 0 Å². The van der Waals surface area contributed by atoms with E-state index in [9.17, 15) is 0 Å². The highest BCUT2D eigenvalue weighted by atomic mass is 127. The lowest BCUT2D eigenvalue weighted by Crippen LogP contribution is -2.19. The highest BCUT2D eigenvalue weighted by Crippen LogP contribution is 2.37. The molecule has 1 heterocycles. The maximum atomic E-state index is 2.29. The zero-order valence-electron chi connectivity index (χ0n) is 7.69. The molecule has 0 bridgehead atoms. The van der Waals surface area contributed by atoms with Crippen LogP contribution in [0.5, 0.6) is 0 Å². The van der Waals surface area contributed by atoms with E-state index in [0.29, 0.717) is 0 Å². The van der Waals surface area contributed by atoms with Gasteiger partial charge in [0.15, 0.2) is 0 Å². The summed E-state index contributed by atoms with van der Waals surface area (Å²) < 4.78 is 2.11. The fourth-order valence-electron chi connectivity index (χ4n) is 1.68. The van der Waals surface area contributed by atoms with E-state index in [1.807, 2.05) is 11.3 Å². The summed E-state index contributed by atoms with van der Waals surface area (Å²) in [5.41, 5.74) is 0.115. The molecule has 0 amide bonds. The van der Waals surface area contributed by atoms with Crippen molar-refractivity contribution in [1.29, 1.82) is 0 Å². The van der Waals surface area contributed by atoms with Crippen LogP contribution in [-0.4, -0.2) is 0 Å². The number of halogens is 1. The number of rotatable bonds is 2. The number of hydrogen-bond donors (Lipinski definition) is 0. The quantitative estimate of drug-likeness (QED) is 0.708. The highest BCUT2D eigenvalue weighted by Gasteiger charge is 2.26. The van der Waals surface area contributed by atoms with Gasteiger partial charge in [0.05, 0.1) is 0 Å². The molecule has 1 aromatic heterocycles. The molecule has 0 N–H and O–H groups in total. The second-order valence-electron chi connectivity index (χ2n) is 3.30. The monoisotopic (exact) mass is 314 g/mol. The lowest BCUT2D eigenvalue weighted by atomic mass is 9.80. The molecule has 0 aromatic carbocycles. The van der Waals surface area contributed by atoms with Crippen LogP contribution in [0.1, 0.15) is 11.3 Å². The largest absolute Gasteiger partial charge is 0.148 e. The van der Waals surface area contributed by atoms with Crippen LogP contribution in [-0.2, 0) is 5.41 Å². The Morgan fingerprint density at radius 1 is 1.43 bits per heavy atom. The van der Waals surface area contributed by atoms with E-state index < -0.39 is 0 Å². The Morgan fingerprint density at radius 3 is 2.93 bits per heavy atom. The average Bonchev–Trinajstić information content (AvgIpc) is 2.73. The van der Waals surface area contributed by atoms with E-state index in [0.717, 1.165) is 6.42 Å². The lowest BCUT2D eigenvalue weighted by Gasteiger charge is -2.26. The van der Waals surface area contributed by atoms with Crippen LogP contribution >= 0.6 is 33.9 Å². The van der Waals surface area contributed by atoms with Crippen molar-refractivity contribution in [3.05, 3.63) is 56.9 Å². The van der Waals surface area contributed by atoms with E-state index in [-0.39, 0.29) is 5.41 Å². The zero-order valence-corrected chi connectivity index (χ0v) is 10.7. The predicted octanol–water partition coefficient (Wildman–Crippen LogP) is 4.45. The third-order valence-corrected chi connectivity index (χ3v) is 3.86. The van der Waals surface area contributed by atoms with E-state index >= 15 is 0 Å². The summed E-state index contributed by atoms with van der Waals surface area (Å²) in [5.74, 6) is 0. The SMILES string of the molecule is I/C=C/C1(c2cccs2)C=CC=CC1. The molecule has 1 unspecified atom stereocenters. The first-order valence-electron chi connectivity index (χ1n) is 4.54. The van der Waals surface area contributed by atoms with E-state index in [1.54, 1.807) is 0 Å². The molecule has 72 valence electrons. The van der Waals surface area contributed by atoms with Crippen LogP contribution in [0.25, 0.3) is 0 Å². The maximum absolute atomic E-state index is 2.29. The minimum Gasteiger partial charge on any atom is -0.148 e. The van der Waals surface area contributed by atoms with E-state index in [2.05, 4.69) is 74.6 Å². The molecule has 0 nitrogen and oxygen atoms in total. The summed E-state index contributed by atoms with van der Waals surface area (Å²) in [7, 11) is 0. The molecule has 14 heavy (non-hydrogen) atoms. The Kier molecular flexibility index (Phi) is 3.23. The van der Waals surface area contributed by atoms with Gasteiger partial charge in [-0.3, -0.25) is 0 Å². The molecule has 2 heteroatoms. The summed E-state index contributed by atoms with van der Waals surface area (Å²) in [4.78, 5) is 1.42. The minimum absolute atomic E-state index is 0.115. The van der Waals surface area contributed by atoms with Crippen LogP contribution < -0.4 is 0 Å². The van der Waals surface area contributed by atoms with Gasteiger partial charge in [0.1, 0.15) is 0 Å². The van der Waals surface area contributed by atoms with Crippen molar-refractivity contribution in [2.24, 2.45) is 0 Å². The fourth-order valence-corrected chi connectivity index (χ4v) is 3.22. The first kappa shape index (κ1) is 10.2. The Morgan fingerprint density at radius 2 is 2.36 bits per heavy atom. The lowest BCUT2D eigenvalue weighted by molar-refractivity contribution is 0.692. The normalized spacial score (nSPS) is 26.1. The molecular formula is C12H11IS. The second kappa shape index (κ2) is 4.45. The second-order valence-corrected chi connectivity index (χ2v) is 4.97. The topological polar surface area (TPSA) is 0 Å². The first-order valence-corrected chi connectivity index (χ1v) is 6.66. The predicted molar refractivity (Wildman–Crippen MR) is 72.1 cm³/mol. The molecule has 0 aliphatic heterocycles. The highest BCUT2D eigenvalue weighted by molar-refractivity contribution is 14.1. The molecule has 1 aliphatic rings. The van der Waals surface area contributed by atoms with Crippen molar-refractivity contribution in [3.63, 3.8) is 0 Å². The average molecular weight is 314 g/mol. The fraction of sp³-hybridized carbons (Fsp3) is 0.167. The Balaban J connectivity index is 2.41. The maximum Gasteiger partial charge on any atom is 0.0451 e. The van der Waals surface area contributed by atoms with Gasteiger partial charge in [-0.05, 0) is 22.0 Å². The molecule has 0 fully saturated rings. The van der Waals surface area contributed by atoms with Gasteiger partial charge in [0.2, 0.25) is 0 Å². The van der Waals surface area contributed by atoms with E-state index in [4.69, 9.17) is 0 Å². The van der Waals surface area contributed by atoms with Crippen molar-refractivity contribution in [3.8, 4) is 0 Å². The van der Waals surface area contributed by atoms with Crippen molar-refractivity contribution < 1.29 is 0 Å². The molecule has 0 spiro atoms. The number of allylic oxidation sites excluding steroid dienone is 5. The van der Waals surface area contributed by atoms with Crippen molar-refractivity contribution in [2.75, 3.05) is 0 Å². The summed E-state index contributed by atoms with van der Waals surface area (Å²) in [5, 5.41) is 2.14. The molecule has 1 atom stereocenters. The molecule has 1 aliphatic carbocycles. The first-order chi connectivity index (χ1) is 6.87. The van der Waals surface area contributed by atoms with Gasteiger partial charge in [0.25, 0.3) is 0 Å².